The van der Waals surface area contributed by atoms with Gasteiger partial charge in [-0.3, -0.25) is 4.79 Å². The first-order chi connectivity index (χ1) is 9.31. The topological polar surface area (TPSA) is 47.6 Å². The molecule has 1 saturated carbocycles. The normalized spacial score (nSPS) is 32.5. The minimum atomic E-state index is -0.00273. The van der Waals surface area contributed by atoms with Crippen LogP contribution in [-0.2, 0) is 9.47 Å². The Morgan fingerprint density at radius 3 is 2.95 bits per heavy atom. The lowest BCUT2D eigenvalue weighted by atomic mass is 9.67. The summed E-state index contributed by atoms with van der Waals surface area (Å²) in [5.41, 5.74) is 0.709. The first-order valence-electron chi connectivity index (χ1n) is 6.77. The standard InChI is InChI=1S/C15H19NO3/c1-18-9-12-13(11-7-8-19-14(11)12)16-15(17)10-5-3-2-4-6-10/h2-6,11-14H,7-9H2,1H3,(H,16,17)/t11-,12+,13-,14-/m0/s1. The molecule has 102 valence electrons. The fourth-order valence-electron chi connectivity index (χ4n) is 3.26. The third kappa shape index (κ3) is 2.26. The van der Waals surface area contributed by atoms with E-state index in [1.807, 2.05) is 30.3 Å². The maximum atomic E-state index is 12.2. The summed E-state index contributed by atoms with van der Waals surface area (Å²) in [5, 5.41) is 3.14. The number of carbonyl (C=O) groups excluding carboxylic acids is 1. The molecule has 0 bridgehead atoms. The number of methoxy groups -OCH3 is 1. The molecule has 0 unspecified atom stereocenters. The molecule has 1 amide bonds. The van der Waals surface area contributed by atoms with Gasteiger partial charge >= 0.3 is 0 Å². The second-order valence-electron chi connectivity index (χ2n) is 5.27. The van der Waals surface area contributed by atoms with Crippen molar-refractivity contribution >= 4 is 5.91 Å². The van der Waals surface area contributed by atoms with Gasteiger partial charge in [-0.1, -0.05) is 18.2 Å². The maximum Gasteiger partial charge on any atom is 0.251 e. The third-order valence-electron chi connectivity index (χ3n) is 4.22. The molecule has 1 aliphatic heterocycles. The molecule has 1 N–H and O–H groups in total. The predicted octanol–water partition coefficient (Wildman–Crippen LogP) is 1.47. The molecule has 0 aromatic heterocycles. The molecule has 1 aromatic rings. The maximum absolute atomic E-state index is 12.2. The molecular formula is C15H19NO3. The lowest BCUT2D eigenvalue weighted by Gasteiger charge is -2.47. The van der Waals surface area contributed by atoms with E-state index in [1.165, 1.54) is 0 Å². The van der Waals surface area contributed by atoms with Gasteiger partial charge in [-0.2, -0.15) is 0 Å². The number of amides is 1. The van der Waals surface area contributed by atoms with Crippen molar-refractivity contribution < 1.29 is 14.3 Å². The van der Waals surface area contributed by atoms with Crippen molar-refractivity contribution in [1.82, 2.24) is 5.32 Å². The van der Waals surface area contributed by atoms with Crippen LogP contribution in [0.4, 0.5) is 0 Å². The van der Waals surface area contributed by atoms with Crippen molar-refractivity contribution in [1.29, 1.82) is 0 Å². The van der Waals surface area contributed by atoms with Gasteiger partial charge in [-0.05, 0) is 18.6 Å². The molecule has 4 heteroatoms. The molecule has 1 heterocycles. The molecule has 4 nitrogen and oxygen atoms in total. The Kier molecular flexibility index (Phi) is 3.53. The van der Waals surface area contributed by atoms with Crippen LogP contribution in [0.3, 0.4) is 0 Å². The summed E-state index contributed by atoms with van der Waals surface area (Å²) in [6.07, 6.45) is 1.30. The van der Waals surface area contributed by atoms with Crippen LogP contribution in [0.1, 0.15) is 16.8 Å². The van der Waals surface area contributed by atoms with Crippen LogP contribution in [0.25, 0.3) is 0 Å². The summed E-state index contributed by atoms with van der Waals surface area (Å²) in [6, 6.07) is 9.52. The Labute approximate surface area is 113 Å². The zero-order valence-electron chi connectivity index (χ0n) is 11.0. The molecule has 1 aromatic carbocycles. The van der Waals surface area contributed by atoms with E-state index in [-0.39, 0.29) is 24.0 Å². The fraction of sp³-hybridized carbons (Fsp3) is 0.533. The Morgan fingerprint density at radius 1 is 1.42 bits per heavy atom. The summed E-state index contributed by atoms with van der Waals surface area (Å²) in [5.74, 6) is 0.732. The highest BCUT2D eigenvalue weighted by atomic mass is 16.5. The van der Waals surface area contributed by atoms with Crippen molar-refractivity contribution in [2.24, 2.45) is 11.8 Å². The Hall–Kier alpha value is -1.39. The number of hydrogen-bond acceptors (Lipinski definition) is 3. The minimum absolute atomic E-state index is 0.00273. The molecule has 1 aliphatic carbocycles. The first kappa shape index (κ1) is 12.6. The van der Waals surface area contributed by atoms with Crippen LogP contribution in [0, 0.1) is 11.8 Å². The number of benzene rings is 1. The van der Waals surface area contributed by atoms with Crippen LogP contribution in [-0.4, -0.2) is 38.4 Å². The van der Waals surface area contributed by atoms with Crippen molar-refractivity contribution in [3.05, 3.63) is 35.9 Å². The van der Waals surface area contributed by atoms with E-state index in [1.54, 1.807) is 7.11 Å². The van der Waals surface area contributed by atoms with Crippen LogP contribution >= 0.6 is 0 Å². The number of fused-ring (bicyclic) bond motifs is 1. The quantitative estimate of drug-likeness (QED) is 0.892. The highest BCUT2D eigenvalue weighted by Crippen LogP contribution is 2.43. The van der Waals surface area contributed by atoms with Crippen LogP contribution in [0.2, 0.25) is 0 Å². The first-order valence-corrected chi connectivity index (χ1v) is 6.77. The number of nitrogens with one attached hydrogen (secondary N) is 1. The molecule has 19 heavy (non-hydrogen) atoms. The van der Waals surface area contributed by atoms with Gasteiger partial charge < -0.3 is 14.8 Å². The molecule has 4 atom stereocenters. The Bertz CT molecular complexity index is 448. The van der Waals surface area contributed by atoms with Gasteiger partial charge in [-0.15, -0.1) is 0 Å². The highest BCUT2D eigenvalue weighted by Gasteiger charge is 2.54. The van der Waals surface area contributed by atoms with Crippen molar-refractivity contribution in [2.75, 3.05) is 20.3 Å². The second kappa shape index (κ2) is 5.31. The van der Waals surface area contributed by atoms with Gasteiger partial charge in [-0.25, -0.2) is 0 Å². The molecule has 2 aliphatic rings. The van der Waals surface area contributed by atoms with Gasteiger partial charge in [0, 0.05) is 37.2 Å². The van der Waals surface area contributed by atoms with E-state index in [4.69, 9.17) is 9.47 Å². The fourth-order valence-corrected chi connectivity index (χ4v) is 3.26. The molecule has 2 fully saturated rings. The zero-order chi connectivity index (χ0) is 13.2. The number of carbonyl (C=O) groups is 1. The van der Waals surface area contributed by atoms with Gasteiger partial charge in [0.2, 0.25) is 0 Å². The zero-order valence-corrected chi connectivity index (χ0v) is 11.0. The number of rotatable bonds is 4. The lowest BCUT2D eigenvalue weighted by Crippen LogP contribution is -2.62. The molecule has 3 rings (SSSR count). The van der Waals surface area contributed by atoms with Gasteiger partial charge in [0.05, 0.1) is 12.7 Å². The largest absolute Gasteiger partial charge is 0.384 e. The predicted molar refractivity (Wildman–Crippen MR) is 70.9 cm³/mol. The van der Waals surface area contributed by atoms with E-state index >= 15 is 0 Å². The van der Waals surface area contributed by atoms with E-state index in [0.29, 0.717) is 18.1 Å². The van der Waals surface area contributed by atoms with Crippen molar-refractivity contribution in [3.8, 4) is 0 Å². The lowest BCUT2D eigenvalue weighted by molar-refractivity contribution is -0.0809. The summed E-state index contributed by atoms with van der Waals surface area (Å²) in [7, 11) is 1.69. The van der Waals surface area contributed by atoms with Crippen molar-refractivity contribution in [3.63, 3.8) is 0 Å². The average molecular weight is 261 g/mol. The number of hydrogen-bond donors (Lipinski definition) is 1. The summed E-state index contributed by atoms with van der Waals surface area (Å²) >= 11 is 0. The summed E-state index contributed by atoms with van der Waals surface area (Å²) < 4.78 is 10.9. The van der Waals surface area contributed by atoms with E-state index in [0.717, 1.165) is 13.0 Å². The molecule has 0 radical (unpaired) electrons. The summed E-state index contributed by atoms with van der Waals surface area (Å²) in [6.45, 7) is 1.44. The Morgan fingerprint density at radius 2 is 2.21 bits per heavy atom. The molecule has 0 spiro atoms. The summed E-state index contributed by atoms with van der Waals surface area (Å²) in [4.78, 5) is 12.2. The molecular weight excluding hydrogens is 242 g/mol. The van der Waals surface area contributed by atoms with E-state index in [2.05, 4.69) is 5.32 Å². The van der Waals surface area contributed by atoms with Crippen LogP contribution in [0.5, 0.6) is 0 Å². The minimum Gasteiger partial charge on any atom is -0.384 e. The third-order valence-corrected chi connectivity index (χ3v) is 4.22. The van der Waals surface area contributed by atoms with E-state index < -0.39 is 0 Å². The molecule has 1 saturated heterocycles. The highest BCUT2D eigenvalue weighted by molar-refractivity contribution is 5.94. The van der Waals surface area contributed by atoms with E-state index in [9.17, 15) is 4.79 Å². The SMILES string of the molecule is COC[C@@H]1[C@@H](NC(=O)c2ccccc2)[C@@H]2CCO[C@H]12. The van der Waals surface area contributed by atoms with Crippen molar-refractivity contribution in [2.45, 2.75) is 18.6 Å². The van der Waals surface area contributed by atoms with Crippen LogP contribution in [0.15, 0.2) is 30.3 Å². The average Bonchev–Trinajstić information content (AvgIpc) is 2.87. The monoisotopic (exact) mass is 261 g/mol. The number of ether oxygens (including phenoxy) is 2. The van der Waals surface area contributed by atoms with Gasteiger partial charge in [0.1, 0.15) is 0 Å². The second-order valence-corrected chi connectivity index (χ2v) is 5.27. The smallest absolute Gasteiger partial charge is 0.251 e. The Balaban J connectivity index is 1.67. The van der Waals surface area contributed by atoms with Gasteiger partial charge in [0.15, 0.2) is 0 Å². The van der Waals surface area contributed by atoms with Crippen LogP contribution < -0.4 is 5.32 Å². The van der Waals surface area contributed by atoms with Gasteiger partial charge in [0.25, 0.3) is 5.91 Å².